The van der Waals surface area contributed by atoms with Crippen molar-refractivity contribution in [2.45, 2.75) is 51.7 Å². The second kappa shape index (κ2) is 8.60. The van der Waals surface area contributed by atoms with Crippen LogP contribution in [0.1, 0.15) is 39.2 Å². The second-order valence-electron chi connectivity index (χ2n) is 9.18. The number of rotatable bonds is 5. The summed E-state index contributed by atoms with van der Waals surface area (Å²) >= 11 is 0. The molecule has 0 atom stereocenters. The summed E-state index contributed by atoms with van der Waals surface area (Å²) in [5, 5.41) is 8.38. The first-order chi connectivity index (χ1) is 14.4. The van der Waals surface area contributed by atoms with Crippen molar-refractivity contribution in [3.8, 4) is 0 Å². The summed E-state index contributed by atoms with van der Waals surface area (Å²) in [7, 11) is 0. The van der Waals surface area contributed by atoms with Crippen LogP contribution < -0.4 is 15.5 Å². The molecule has 30 heavy (non-hydrogen) atoms. The molecule has 1 aromatic heterocycles. The summed E-state index contributed by atoms with van der Waals surface area (Å²) in [6.45, 7) is 9.29. The highest BCUT2D eigenvalue weighted by Gasteiger charge is 2.24. The maximum atomic E-state index is 13.2. The first-order valence-electron chi connectivity index (χ1n) is 10.8. The predicted octanol–water partition coefficient (Wildman–Crippen LogP) is 5.34. The Bertz CT molecular complexity index is 986. The molecule has 5 heteroatoms. The standard InChI is InChI=1S/C25H31FN4/c1-25(2,3)29-21-12-14-30(15-13-21)23-16-19-6-4-5-7-22(19)28-24(23)27-17-18-8-10-20(26)11-9-18/h4-11,16,21,29H,12-15,17H2,1-3H3,(H,27,28). The highest BCUT2D eigenvalue weighted by molar-refractivity contribution is 5.87. The average Bonchev–Trinajstić information content (AvgIpc) is 2.72. The molecule has 0 spiro atoms. The molecule has 4 nitrogen and oxygen atoms in total. The number of piperidine rings is 1. The van der Waals surface area contributed by atoms with Gasteiger partial charge in [-0.2, -0.15) is 0 Å². The van der Waals surface area contributed by atoms with Gasteiger partial charge in [-0.05, 0) is 63.4 Å². The maximum absolute atomic E-state index is 13.2. The van der Waals surface area contributed by atoms with Crippen molar-refractivity contribution in [1.82, 2.24) is 10.3 Å². The van der Waals surface area contributed by atoms with E-state index in [2.05, 4.69) is 54.5 Å². The van der Waals surface area contributed by atoms with Crippen LogP contribution in [-0.4, -0.2) is 29.7 Å². The third-order valence-corrected chi connectivity index (χ3v) is 5.55. The first-order valence-corrected chi connectivity index (χ1v) is 10.8. The van der Waals surface area contributed by atoms with Gasteiger partial charge in [-0.1, -0.05) is 30.3 Å². The third-order valence-electron chi connectivity index (χ3n) is 5.55. The number of hydrogen-bond donors (Lipinski definition) is 2. The van der Waals surface area contributed by atoms with E-state index >= 15 is 0 Å². The quantitative estimate of drug-likeness (QED) is 0.600. The Morgan fingerprint density at radius 1 is 1.03 bits per heavy atom. The minimum absolute atomic E-state index is 0.138. The van der Waals surface area contributed by atoms with Crippen molar-refractivity contribution in [1.29, 1.82) is 0 Å². The Kier molecular flexibility index (Phi) is 5.91. The van der Waals surface area contributed by atoms with Crippen molar-refractivity contribution in [2.75, 3.05) is 23.3 Å². The summed E-state index contributed by atoms with van der Waals surface area (Å²) in [5.74, 6) is 0.676. The van der Waals surface area contributed by atoms with Crippen LogP contribution in [0, 0.1) is 5.82 Å². The molecule has 0 aliphatic carbocycles. The van der Waals surface area contributed by atoms with Crippen LogP contribution in [0.4, 0.5) is 15.9 Å². The van der Waals surface area contributed by atoms with Gasteiger partial charge in [0.2, 0.25) is 0 Å². The summed E-state index contributed by atoms with van der Waals surface area (Å²) in [5.41, 5.74) is 3.29. The highest BCUT2D eigenvalue weighted by Crippen LogP contribution is 2.31. The molecular formula is C25H31FN4. The van der Waals surface area contributed by atoms with Crippen molar-refractivity contribution in [2.24, 2.45) is 0 Å². The maximum Gasteiger partial charge on any atom is 0.150 e. The zero-order chi connectivity index (χ0) is 21.1. The SMILES string of the molecule is CC(C)(C)NC1CCN(c2cc3ccccc3nc2NCc2ccc(F)cc2)CC1. The molecule has 1 fully saturated rings. The second-order valence-corrected chi connectivity index (χ2v) is 9.18. The Hall–Kier alpha value is -2.66. The van der Waals surface area contributed by atoms with Crippen LogP contribution >= 0.6 is 0 Å². The molecule has 2 aromatic carbocycles. The number of anilines is 2. The molecule has 1 aliphatic heterocycles. The zero-order valence-corrected chi connectivity index (χ0v) is 18.1. The molecular weight excluding hydrogens is 375 g/mol. The van der Waals surface area contributed by atoms with Gasteiger partial charge in [0.05, 0.1) is 11.2 Å². The van der Waals surface area contributed by atoms with E-state index in [1.54, 1.807) is 0 Å². The van der Waals surface area contributed by atoms with E-state index in [-0.39, 0.29) is 11.4 Å². The molecule has 2 N–H and O–H groups in total. The largest absolute Gasteiger partial charge is 0.368 e. The molecule has 3 aromatic rings. The average molecular weight is 407 g/mol. The molecule has 0 saturated carbocycles. The van der Waals surface area contributed by atoms with Crippen LogP contribution in [0.3, 0.4) is 0 Å². The molecule has 2 heterocycles. The highest BCUT2D eigenvalue weighted by atomic mass is 19.1. The van der Waals surface area contributed by atoms with E-state index in [0.29, 0.717) is 12.6 Å². The first kappa shape index (κ1) is 20.6. The topological polar surface area (TPSA) is 40.2 Å². The molecule has 4 rings (SSSR count). The lowest BCUT2D eigenvalue weighted by atomic mass is 9.99. The van der Waals surface area contributed by atoms with E-state index in [1.807, 2.05) is 24.3 Å². The number of halogens is 1. The van der Waals surface area contributed by atoms with Gasteiger partial charge in [0.25, 0.3) is 0 Å². The fourth-order valence-corrected chi connectivity index (χ4v) is 4.14. The van der Waals surface area contributed by atoms with E-state index < -0.39 is 0 Å². The van der Waals surface area contributed by atoms with Gasteiger partial charge >= 0.3 is 0 Å². The number of benzene rings is 2. The molecule has 0 radical (unpaired) electrons. The molecule has 1 aliphatic rings. The van der Waals surface area contributed by atoms with E-state index in [4.69, 9.17) is 4.98 Å². The summed E-state index contributed by atoms with van der Waals surface area (Å²) in [6, 6.07) is 17.6. The number of para-hydroxylation sites is 1. The van der Waals surface area contributed by atoms with E-state index in [9.17, 15) is 4.39 Å². The van der Waals surface area contributed by atoms with Crippen LogP contribution in [0.5, 0.6) is 0 Å². The van der Waals surface area contributed by atoms with E-state index in [0.717, 1.165) is 53.9 Å². The van der Waals surface area contributed by atoms with Crippen LogP contribution in [0.2, 0.25) is 0 Å². The minimum atomic E-state index is -0.213. The molecule has 1 saturated heterocycles. The minimum Gasteiger partial charge on any atom is -0.368 e. The lowest BCUT2D eigenvalue weighted by Crippen LogP contribution is -2.49. The van der Waals surface area contributed by atoms with Crippen molar-refractivity contribution < 1.29 is 4.39 Å². The normalized spacial score (nSPS) is 15.5. The molecule has 0 unspecified atom stereocenters. The number of hydrogen-bond acceptors (Lipinski definition) is 4. The van der Waals surface area contributed by atoms with Gasteiger partial charge in [-0.15, -0.1) is 0 Å². The molecule has 158 valence electrons. The van der Waals surface area contributed by atoms with Crippen molar-refractivity contribution in [3.05, 3.63) is 66.0 Å². The smallest absolute Gasteiger partial charge is 0.150 e. The lowest BCUT2D eigenvalue weighted by molar-refractivity contribution is 0.317. The fraction of sp³-hybridized carbons (Fsp3) is 0.400. The Morgan fingerprint density at radius 3 is 2.43 bits per heavy atom. The number of nitrogens with zero attached hydrogens (tertiary/aromatic N) is 2. The van der Waals surface area contributed by atoms with Gasteiger partial charge in [-0.3, -0.25) is 0 Å². The summed E-state index contributed by atoms with van der Waals surface area (Å²) < 4.78 is 13.2. The van der Waals surface area contributed by atoms with Crippen molar-refractivity contribution in [3.63, 3.8) is 0 Å². The monoisotopic (exact) mass is 406 g/mol. The molecule has 0 amide bonds. The Morgan fingerprint density at radius 2 is 1.73 bits per heavy atom. The fourth-order valence-electron chi connectivity index (χ4n) is 4.14. The summed E-state index contributed by atoms with van der Waals surface area (Å²) in [4.78, 5) is 7.36. The van der Waals surface area contributed by atoms with Gasteiger partial charge in [0.15, 0.2) is 5.82 Å². The van der Waals surface area contributed by atoms with Crippen LogP contribution in [0.15, 0.2) is 54.6 Å². The lowest BCUT2D eigenvalue weighted by Gasteiger charge is -2.37. The number of fused-ring (bicyclic) bond motifs is 1. The predicted molar refractivity (Wildman–Crippen MR) is 124 cm³/mol. The van der Waals surface area contributed by atoms with Crippen LogP contribution in [0.25, 0.3) is 10.9 Å². The number of pyridine rings is 1. The zero-order valence-electron chi connectivity index (χ0n) is 18.1. The number of nitrogens with one attached hydrogen (secondary N) is 2. The number of aromatic nitrogens is 1. The summed E-state index contributed by atoms with van der Waals surface area (Å²) in [6.07, 6.45) is 2.23. The van der Waals surface area contributed by atoms with Crippen LogP contribution in [-0.2, 0) is 6.54 Å². The van der Waals surface area contributed by atoms with E-state index in [1.165, 1.54) is 12.1 Å². The van der Waals surface area contributed by atoms with Gasteiger partial charge in [0, 0.05) is 36.6 Å². The van der Waals surface area contributed by atoms with Gasteiger partial charge in [-0.25, -0.2) is 9.37 Å². The van der Waals surface area contributed by atoms with Gasteiger partial charge < -0.3 is 15.5 Å². The Balaban J connectivity index is 1.55. The third kappa shape index (κ3) is 5.08. The Labute approximate surface area is 178 Å². The molecule has 0 bridgehead atoms. The van der Waals surface area contributed by atoms with Gasteiger partial charge in [0.1, 0.15) is 5.82 Å². The van der Waals surface area contributed by atoms with Crippen molar-refractivity contribution >= 4 is 22.4 Å².